The molecule has 0 amide bonds. The topological polar surface area (TPSA) is 26.3 Å². The van der Waals surface area contributed by atoms with Crippen LogP contribution < -0.4 is 0 Å². The number of allylic oxidation sites excluding steroid dienone is 1. The van der Waals surface area contributed by atoms with E-state index in [-0.39, 0.29) is 0 Å². The zero-order chi connectivity index (χ0) is 26.5. The van der Waals surface area contributed by atoms with Crippen LogP contribution in [-0.4, -0.2) is 0 Å². The Bertz CT molecular complexity index is 2040. The van der Waals surface area contributed by atoms with Crippen LogP contribution >= 0.6 is 0 Å². The van der Waals surface area contributed by atoms with E-state index >= 15 is 0 Å². The second-order valence-corrected chi connectivity index (χ2v) is 10.2. The largest absolute Gasteiger partial charge is 0.455 e. The van der Waals surface area contributed by atoms with Crippen molar-refractivity contribution < 1.29 is 8.83 Å². The maximum atomic E-state index is 6.83. The van der Waals surface area contributed by atoms with Gasteiger partial charge in [-0.3, -0.25) is 0 Å². The zero-order valence-corrected chi connectivity index (χ0v) is 21.8. The average molecular weight is 513 g/mol. The van der Waals surface area contributed by atoms with Crippen molar-refractivity contribution in [3.05, 3.63) is 139 Å². The van der Waals surface area contributed by atoms with E-state index in [2.05, 4.69) is 103 Å². The van der Waals surface area contributed by atoms with Crippen LogP contribution in [0.5, 0.6) is 0 Å². The van der Waals surface area contributed by atoms with Crippen molar-refractivity contribution in [2.24, 2.45) is 0 Å². The molecule has 0 saturated carbocycles. The minimum atomic E-state index is 0.886. The highest BCUT2D eigenvalue weighted by Crippen LogP contribution is 2.47. The van der Waals surface area contributed by atoms with Crippen molar-refractivity contribution >= 4 is 28.0 Å². The third-order valence-electron chi connectivity index (χ3n) is 7.85. The number of benzene rings is 4. The zero-order valence-electron chi connectivity index (χ0n) is 21.8. The Morgan fingerprint density at radius 3 is 2.33 bits per heavy atom. The van der Waals surface area contributed by atoms with Gasteiger partial charge in [0.05, 0.1) is 0 Å². The van der Waals surface area contributed by atoms with Gasteiger partial charge in [-0.1, -0.05) is 115 Å². The standard InChI is InChI=1S/C38H24O2/c1-3-13-25(14-4-1)35-28(30-22-12-21-29-27-17-9-10-24-34(27)39-37(29)30)20-11-23-33(35)38-32-19-8-7-18-31(32)36(40-38)26-15-5-2-6-16-26/h1-3,5-7,9-13,15-18,20-24H,8,19H2. The maximum Gasteiger partial charge on any atom is 0.143 e. The second kappa shape index (κ2) is 9.19. The molecule has 5 aromatic carbocycles. The smallest absolute Gasteiger partial charge is 0.143 e. The van der Waals surface area contributed by atoms with Crippen molar-refractivity contribution in [1.82, 2.24) is 0 Å². The number of hydrogen-bond acceptors (Lipinski definition) is 2. The lowest BCUT2D eigenvalue weighted by atomic mass is 9.87. The molecule has 0 bridgehead atoms. The lowest BCUT2D eigenvalue weighted by molar-refractivity contribution is 0.594. The fraction of sp³-hybridized carbons (Fsp3) is 0.0526. The lowest BCUT2D eigenvalue weighted by Gasteiger charge is -2.15. The van der Waals surface area contributed by atoms with E-state index < -0.39 is 0 Å². The summed E-state index contributed by atoms with van der Waals surface area (Å²) in [4.78, 5) is 0. The molecule has 2 nitrogen and oxygen atoms in total. The molecule has 188 valence electrons. The van der Waals surface area contributed by atoms with Gasteiger partial charge in [-0.15, -0.1) is 0 Å². The van der Waals surface area contributed by atoms with Crippen LogP contribution in [0.15, 0.2) is 124 Å². The van der Waals surface area contributed by atoms with Crippen molar-refractivity contribution in [2.45, 2.75) is 12.8 Å². The second-order valence-electron chi connectivity index (χ2n) is 10.2. The van der Waals surface area contributed by atoms with E-state index in [4.69, 9.17) is 8.83 Å². The first kappa shape index (κ1) is 22.7. The molecule has 0 N–H and O–H groups in total. The van der Waals surface area contributed by atoms with Gasteiger partial charge in [0.15, 0.2) is 0 Å². The summed E-state index contributed by atoms with van der Waals surface area (Å²) < 4.78 is 13.3. The van der Waals surface area contributed by atoms with Crippen LogP contribution in [0.3, 0.4) is 0 Å². The maximum absolute atomic E-state index is 6.83. The molecule has 0 saturated heterocycles. The summed E-state index contributed by atoms with van der Waals surface area (Å²) in [5.74, 6) is 1.84. The summed E-state index contributed by atoms with van der Waals surface area (Å²) in [5.41, 5.74) is 10.5. The van der Waals surface area contributed by atoms with E-state index in [0.29, 0.717) is 0 Å². The van der Waals surface area contributed by atoms with Gasteiger partial charge in [-0.25, -0.2) is 0 Å². The highest BCUT2D eigenvalue weighted by Gasteiger charge is 2.26. The Morgan fingerprint density at radius 1 is 0.625 bits per heavy atom. The fourth-order valence-corrected chi connectivity index (χ4v) is 6.07. The van der Waals surface area contributed by atoms with Crippen LogP contribution in [0.25, 0.3) is 72.9 Å². The minimum absolute atomic E-state index is 0.886. The monoisotopic (exact) mass is 512 g/mol. The Morgan fingerprint density at radius 2 is 1.43 bits per heavy atom. The van der Waals surface area contributed by atoms with Crippen LogP contribution in [0, 0.1) is 12.1 Å². The molecule has 2 aromatic heterocycles. The first-order chi connectivity index (χ1) is 19.9. The summed E-state index contributed by atoms with van der Waals surface area (Å²) in [6, 6.07) is 44.1. The van der Waals surface area contributed by atoms with Crippen molar-refractivity contribution in [3.8, 4) is 44.9 Å². The summed E-state index contributed by atoms with van der Waals surface area (Å²) >= 11 is 0. The average Bonchev–Trinajstić information content (AvgIpc) is 3.61. The van der Waals surface area contributed by atoms with Crippen LogP contribution in [0.2, 0.25) is 0 Å². The molecule has 0 atom stereocenters. The number of hydrogen-bond donors (Lipinski definition) is 0. The molecule has 2 heteroatoms. The van der Waals surface area contributed by atoms with Gasteiger partial charge in [0.1, 0.15) is 22.7 Å². The van der Waals surface area contributed by atoms with Gasteiger partial charge in [0.2, 0.25) is 0 Å². The fourth-order valence-electron chi connectivity index (χ4n) is 6.07. The van der Waals surface area contributed by atoms with E-state index in [0.717, 1.165) is 79.7 Å². The van der Waals surface area contributed by atoms with Crippen molar-refractivity contribution in [3.63, 3.8) is 0 Å². The Hall–Kier alpha value is -5.26. The molecule has 1 aliphatic rings. The Balaban J connectivity index is 1.43. The van der Waals surface area contributed by atoms with Crippen LogP contribution in [0.4, 0.5) is 0 Å². The number of rotatable bonds is 4. The summed E-state index contributed by atoms with van der Waals surface area (Å²) in [7, 11) is 0. The van der Waals surface area contributed by atoms with Crippen LogP contribution in [-0.2, 0) is 6.42 Å². The molecule has 40 heavy (non-hydrogen) atoms. The van der Waals surface area contributed by atoms with Gasteiger partial charge in [-0.2, -0.15) is 0 Å². The molecule has 0 aliphatic heterocycles. The summed E-state index contributed by atoms with van der Waals surface area (Å²) in [5, 5.41) is 2.23. The third-order valence-corrected chi connectivity index (χ3v) is 7.85. The molecule has 8 rings (SSSR count). The highest BCUT2D eigenvalue weighted by molar-refractivity contribution is 6.11. The predicted molar refractivity (Wildman–Crippen MR) is 163 cm³/mol. The third kappa shape index (κ3) is 3.52. The predicted octanol–water partition coefficient (Wildman–Crippen LogP) is 10.4. The first-order valence-electron chi connectivity index (χ1n) is 13.7. The number of furan rings is 2. The highest BCUT2D eigenvalue weighted by atomic mass is 16.3. The summed E-state index contributed by atoms with van der Waals surface area (Å²) in [6.07, 6.45) is 6.39. The first-order valence-corrected chi connectivity index (χ1v) is 13.7. The van der Waals surface area contributed by atoms with E-state index in [1.165, 1.54) is 11.1 Å². The van der Waals surface area contributed by atoms with Crippen molar-refractivity contribution in [1.29, 1.82) is 0 Å². The van der Waals surface area contributed by atoms with E-state index in [1.807, 2.05) is 30.3 Å². The van der Waals surface area contributed by atoms with Gasteiger partial charge in [0.25, 0.3) is 0 Å². The van der Waals surface area contributed by atoms with Crippen molar-refractivity contribution in [2.75, 3.05) is 0 Å². The normalized spacial score (nSPS) is 12.5. The Kier molecular flexibility index (Phi) is 5.21. The van der Waals surface area contributed by atoms with E-state index in [1.54, 1.807) is 0 Å². The quantitative estimate of drug-likeness (QED) is 0.234. The van der Waals surface area contributed by atoms with E-state index in [9.17, 15) is 0 Å². The SMILES string of the molecule is c1cccc(-c2c(-c3oc(-c4ccccc4)c4c3CCC=C4)cccc2-c2cccc3c2oc2ccccc23)c#1. The number of para-hydroxylation sites is 2. The Labute approximate surface area is 232 Å². The lowest BCUT2D eigenvalue weighted by Crippen LogP contribution is -1.95. The molecule has 0 radical (unpaired) electrons. The van der Waals surface area contributed by atoms with Gasteiger partial charge in [0, 0.05) is 49.7 Å². The summed E-state index contributed by atoms with van der Waals surface area (Å²) in [6.45, 7) is 0. The number of fused-ring (bicyclic) bond motifs is 4. The molecule has 2 heterocycles. The minimum Gasteiger partial charge on any atom is -0.455 e. The molecule has 0 spiro atoms. The molecular formula is C38H24O2. The molecule has 0 unspecified atom stereocenters. The van der Waals surface area contributed by atoms with Gasteiger partial charge >= 0.3 is 0 Å². The van der Waals surface area contributed by atoms with Gasteiger partial charge in [-0.05, 0) is 36.6 Å². The van der Waals surface area contributed by atoms with Gasteiger partial charge < -0.3 is 8.83 Å². The molecule has 7 aromatic rings. The molecular weight excluding hydrogens is 488 g/mol. The molecule has 0 fully saturated rings. The molecule has 1 aliphatic carbocycles. The van der Waals surface area contributed by atoms with Crippen LogP contribution in [0.1, 0.15) is 17.5 Å².